The molecule has 1 atom stereocenters. The Balaban J connectivity index is 0. The van der Waals surface area contributed by atoms with Gasteiger partial charge in [-0.3, -0.25) is 0 Å². The first-order valence-corrected chi connectivity index (χ1v) is 13.6. The molecule has 0 radical (unpaired) electrons. The SMILES string of the molecule is CCCCCCCCCC(O)[P+](CCCC)(CCCC)CCCC.[Cl-]. The van der Waals surface area contributed by atoms with Crippen LogP contribution in [0.25, 0.3) is 0 Å². The molecule has 0 saturated heterocycles. The summed E-state index contributed by atoms with van der Waals surface area (Å²) in [6.07, 6.45) is 22.4. The van der Waals surface area contributed by atoms with Gasteiger partial charge in [0.25, 0.3) is 0 Å². The van der Waals surface area contributed by atoms with Crippen molar-refractivity contribution in [3.05, 3.63) is 0 Å². The molecule has 0 aliphatic carbocycles. The van der Waals surface area contributed by atoms with Crippen LogP contribution in [-0.2, 0) is 0 Å². The van der Waals surface area contributed by atoms with Gasteiger partial charge in [-0.05, 0) is 25.7 Å². The molecule has 0 heterocycles. The van der Waals surface area contributed by atoms with Crippen LogP contribution in [0.2, 0.25) is 0 Å². The molecular formula is C22H48ClOP. The minimum absolute atomic E-state index is 0. The molecule has 1 N–H and O–H groups in total. The van der Waals surface area contributed by atoms with E-state index in [0.29, 0.717) is 0 Å². The maximum atomic E-state index is 11.1. The van der Waals surface area contributed by atoms with Gasteiger partial charge in [-0.15, -0.1) is 0 Å². The van der Waals surface area contributed by atoms with Crippen LogP contribution in [0, 0.1) is 0 Å². The Bertz CT molecular complexity index is 239. The summed E-state index contributed by atoms with van der Waals surface area (Å²) < 4.78 is 0. The van der Waals surface area contributed by atoms with Gasteiger partial charge in [-0.25, -0.2) is 0 Å². The van der Waals surface area contributed by atoms with Crippen molar-refractivity contribution in [2.75, 3.05) is 18.5 Å². The van der Waals surface area contributed by atoms with E-state index in [1.807, 2.05) is 0 Å². The second-order valence-corrected chi connectivity index (χ2v) is 12.2. The van der Waals surface area contributed by atoms with E-state index in [-0.39, 0.29) is 18.3 Å². The molecule has 0 fully saturated rings. The number of hydrogen-bond acceptors (Lipinski definition) is 1. The van der Waals surface area contributed by atoms with Gasteiger partial charge in [0, 0.05) is 13.7 Å². The maximum Gasteiger partial charge on any atom is 0.164 e. The van der Waals surface area contributed by atoms with Gasteiger partial charge in [0.1, 0.15) is 0 Å². The van der Waals surface area contributed by atoms with Gasteiger partial charge in [-0.1, -0.05) is 85.5 Å². The fraction of sp³-hybridized carbons (Fsp3) is 1.00. The molecule has 0 aliphatic heterocycles. The minimum Gasteiger partial charge on any atom is -1.00 e. The molecule has 0 amide bonds. The van der Waals surface area contributed by atoms with Crippen LogP contribution in [-0.4, -0.2) is 29.4 Å². The zero-order valence-corrected chi connectivity index (χ0v) is 19.5. The first-order valence-electron chi connectivity index (χ1n) is 11.2. The monoisotopic (exact) mass is 394 g/mol. The predicted molar refractivity (Wildman–Crippen MR) is 115 cm³/mol. The molecule has 0 aromatic carbocycles. The van der Waals surface area contributed by atoms with Crippen molar-refractivity contribution < 1.29 is 17.5 Å². The zero-order valence-electron chi connectivity index (χ0n) is 17.9. The molecule has 1 unspecified atom stereocenters. The Morgan fingerprint density at radius 2 is 0.920 bits per heavy atom. The third-order valence-corrected chi connectivity index (χ3v) is 10.7. The number of unbranched alkanes of at least 4 members (excludes halogenated alkanes) is 9. The lowest BCUT2D eigenvalue weighted by Crippen LogP contribution is -3.00. The zero-order chi connectivity index (χ0) is 18.1. The van der Waals surface area contributed by atoms with Gasteiger partial charge in [0.15, 0.2) is 5.85 Å². The summed E-state index contributed by atoms with van der Waals surface area (Å²) in [6, 6.07) is 0. The molecule has 0 aromatic heterocycles. The molecular weight excluding hydrogens is 347 g/mol. The van der Waals surface area contributed by atoms with Crippen molar-refractivity contribution in [1.29, 1.82) is 0 Å². The van der Waals surface area contributed by atoms with Crippen molar-refractivity contribution in [1.82, 2.24) is 0 Å². The van der Waals surface area contributed by atoms with Crippen LogP contribution < -0.4 is 12.4 Å². The third-order valence-electron chi connectivity index (χ3n) is 5.57. The summed E-state index contributed by atoms with van der Waals surface area (Å²) in [6.45, 7) is 9.19. The summed E-state index contributed by atoms with van der Waals surface area (Å²) in [5.41, 5.74) is 0. The smallest absolute Gasteiger partial charge is 0.164 e. The summed E-state index contributed by atoms with van der Waals surface area (Å²) in [5, 5.41) is 11.1. The molecule has 0 aliphatic rings. The van der Waals surface area contributed by atoms with Crippen LogP contribution >= 0.6 is 7.26 Å². The highest BCUT2D eigenvalue weighted by Crippen LogP contribution is 2.65. The molecule has 25 heavy (non-hydrogen) atoms. The lowest BCUT2D eigenvalue weighted by molar-refractivity contribution is -0.00000674. The molecule has 1 nitrogen and oxygen atoms in total. The fourth-order valence-electron chi connectivity index (χ4n) is 3.76. The first kappa shape index (κ1) is 27.9. The van der Waals surface area contributed by atoms with Crippen LogP contribution in [0.3, 0.4) is 0 Å². The van der Waals surface area contributed by atoms with Gasteiger partial charge < -0.3 is 17.5 Å². The highest BCUT2D eigenvalue weighted by molar-refractivity contribution is 7.76. The molecule has 0 bridgehead atoms. The lowest BCUT2D eigenvalue weighted by Gasteiger charge is -2.32. The predicted octanol–water partition coefficient (Wildman–Crippen LogP) is 4.87. The van der Waals surface area contributed by atoms with E-state index in [9.17, 15) is 5.11 Å². The van der Waals surface area contributed by atoms with Crippen molar-refractivity contribution in [2.24, 2.45) is 0 Å². The topological polar surface area (TPSA) is 20.2 Å². The van der Waals surface area contributed by atoms with Crippen LogP contribution in [0.5, 0.6) is 0 Å². The van der Waals surface area contributed by atoms with Gasteiger partial charge in [-0.2, -0.15) is 0 Å². The van der Waals surface area contributed by atoms with E-state index in [1.54, 1.807) is 0 Å². The van der Waals surface area contributed by atoms with Gasteiger partial charge in [0.05, 0.1) is 18.5 Å². The Morgan fingerprint density at radius 1 is 0.560 bits per heavy atom. The normalized spacial score (nSPS) is 12.8. The molecule has 0 saturated carbocycles. The third kappa shape index (κ3) is 13.5. The van der Waals surface area contributed by atoms with Crippen LogP contribution in [0.15, 0.2) is 0 Å². The van der Waals surface area contributed by atoms with E-state index in [0.717, 1.165) is 6.42 Å². The van der Waals surface area contributed by atoms with E-state index in [4.69, 9.17) is 0 Å². The quantitative estimate of drug-likeness (QED) is 0.260. The lowest BCUT2D eigenvalue weighted by atomic mass is 10.1. The van der Waals surface area contributed by atoms with Gasteiger partial charge in [0.2, 0.25) is 0 Å². The Labute approximate surface area is 166 Å². The van der Waals surface area contributed by atoms with Crippen molar-refractivity contribution in [2.45, 2.75) is 123 Å². The van der Waals surface area contributed by atoms with E-state index < -0.39 is 7.26 Å². The molecule has 0 spiro atoms. The molecule has 0 rings (SSSR count). The van der Waals surface area contributed by atoms with Gasteiger partial charge >= 0.3 is 0 Å². The summed E-state index contributed by atoms with van der Waals surface area (Å²) >= 11 is 0. The maximum absolute atomic E-state index is 11.1. The van der Waals surface area contributed by atoms with E-state index in [2.05, 4.69) is 27.7 Å². The average Bonchev–Trinajstić information content (AvgIpc) is 2.60. The Hall–Kier alpha value is 0.680. The van der Waals surface area contributed by atoms with Crippen molar-refractivity contribution >= 4 is 7.26 Å². The second kappa shape index (κ2) is 19.4. The summed E-state index contributed by atoms with van der Waals surface area (Å²) in [7, 11) is -1.15. The Kier molecular flexibility index (Phi) is 21.7. The second-order valence-electron chi connectivity index (χ2n) is 7.84. The molecule has 0 aromatic rings. The standard InChI is InChI=1S/C22H48OP.ClH/c1-5-9-13-14-15-16-17-18-22(23)24(19-10-6-2,20-11-7-3)21-12-8-4;/h22-23H,5-21H2,1-4H3;1H/q+1;/p-1. The number of rotatable bonds is 18. The number of aliphatic hydroxyl groups excluding tert-OH is 1. The number of hydrogen-bond donors (Lipinski definition) is 1. The first-order chi connectivity index (χ1) is 11.7. The van der Waals surface area contributed by atoms with Crippen molar-refractivity contribution in [3.8, 4) is 0 Å². The summed E-state index contributed by atoms with van der Waals surface area (Å²) in [5.74, 6) is 0.0396. The highest BCUT2D eigenvalue weighted by atomic mass is 35.5. The highest BCUT2D eigenvalue weighted by Gasteiger charge is 2.42. The van der Waals surface area contributed by atoms with Crippen LogP contribution in [0.1, 0.15) is 118 Å². The molecule has 154 valence electrons. The van der Waals surface area contributed by atoms with Crippen molar-refractivity contribution in [3.63, 3.8) is 0 Å². The van der Waals surface area contributed by atoms with Crippen LogP contribution in [0.4, 0.5) is 0 Å². The van der Waals surface area contributed by atoms with E-state index >= 15 is 0 Å². The van der Waals surface area contributed by atoms with E-state index in [1.165, 1.54) is 102 Å². The fourth-order valence-corrected chi connectivity index (χ4v) is 8.89. The Morgan fingerprint density at radius 3 is 1.32 bits per heavy atom. The largest absolute Gasteiger partial charge is 1.00 e. The number of aliphatic hydroxyl groups is 1. The number of halogens is 1. The summed E-state index contributed by atoms with van der Waals surface area (Å²) in [4.78, 5) is 0. The minimum atomic E-state index is -1.15. The molecule has 3 heteroatoms. The average molecular weight is 395 g/mol.